The maximum atomic E-state index is 5.42. The molecule has 1 radical (unpaired) electrons. The van der Waals surface area contributed by atoms with Gasteiger partial charge in [-0.1, -0.05) is 13.0 Å². The van der Waals surface area contributed by atoms with E-state index in [1.54, 1.807) is 0 Å². The molecule has 0 saturated carbocycles. The van der Waals surface area contributed by atoms with Crippen molar-refractivity contribution in [1.29, 1.82) is 0 Å². The van der Waals surface area contributed by atoms with Gasteiger partial charge in [-0.05, 0) is 37.1 Å². The molecule has 0 fully saturated rings. The van der Waals surface area contributed by atoms with Crippen LogP contribution in [0, 0.1) is 13.0 Å². The first-order valence-electron chi connectivity index (χ1n) is 3.94. The van der Waals surface area contributed by atoms with Crippen LogP contribution in [0.25, 0.3) is 0 Å². The highest BCUT2D eigenvalue weighted by Crippen LogP contribution is 2.11. The van der Waals surface area contributed by atoms with Gasteiger partial charge in [0.15, 0.2) is 0 Å². The first-order valence-corrected chi connectivity index (χ1v) is 3.94. The van der Waals surface area contributed by atoms with E-state index in [1.165, 1.54) is 0 Å². The summed E-state index contributed by atoms with van der Waals surface area (Å²) in [6, 6.07) is 8.89. The van der Waals surface area contributed by atoms with Crippen molar-refractivity contribution < 1.29 is 4.74 Å². The molecule has 59 valence electrons. The molecule has 1 aromatic carbocycles. The zero-order valence-corrected chi connectivity index (χ0v) is 7.05. The average Bonchev–Trinajstić information content (AvgIpc) is 2.01. The van der Waals surface area contributed by atoms with Crippen molar-refractivity contribution in [2.75, 3.05) is 6.61 Å². The second-order valence-corrected chi connectivity index (χ2v) is 2.56. The van der Waals surface area contributed by atoms with E-state index >= 15 is 0 Å². The van der Waals surface area contributed by atoms with E-state index in [4.69, 9.17) is 4.74 Å². The van der Waals surface area contributed by atoms with Gasteiger partial charge in [-0.25, -0.2) is 0 Å². The van der Waals surface area contributed by atoms with Gasteiger partial charge in [0.1, 0.15) is 5.75 Å². The van der Waals surface area contributed by atoms with Crippen LogP contribution in [0.3, 0.4) is 0 Å². The smallest absolute Gasteiger partial charge is 0.119 e. The van der Waals surface area contributed by atoms with E-state index in [1.807, 2.05) is 25.1 Å². The molecule has 1 rings (SSSR count). The molecule has 1 nitrogen and oxygen atoms in total. The molecule has 11 heavy (non-hydrogen) atoms. The molecule has 0 aliphatic carbocycles. The van der Waals surface area contributed by atoms with Gasteiger partial charge in [-0.2, -0.15) is 0 Å². The molecule has 0 spiro atoms. The Bertz CT molecular complexity index is 218. The van der Waals surface area contributed by atoms with Gasteiger partial charge in [0, 0.05) is 0 Å². The van der Waals surface area contributed by atoms with Gasteiger partial charge < -0.3 is 4.74 Å². The topological polar surface area (TPSA) is 9.23 Å². The zero-order chi connectivity index (χ0) is 8.10. The Morgan fingerprint density at radius 1 is 1.55 bits per heavy atom. The first-order chi connectivity index (χ1) is 5.33. The quantitative estimate of drug-likeness (QED) is 0.641. The zero-order valence-electron chi connectivity index (χ0n) is 7.05. The summed E-state index contributed by atoms with van der Waals surface area (Å²) < 4.78 is 5.42. The van der Waals surface area contributed by atoms with E-state index in [0.717, 1.165) is 24.3 Å². The number of ether oxygens (including phenoxy) is 1. The number of rotatable bonds is 3. The van der Waals surface area contributed by atoms with E-state index in [9.17, 15) is 0 Å². The fraction of sp³-hybridized carbons (Fsp3) is 0.400. The van der Waals surface area contributed by atoms with E-state index < -0.39 is 0 Å². The third-order valence-electron chi connectivity index (χ3n) is 1.39. The first kappa shape index (κ1) is 8.12. The third-order valence-corrected chi connectivity index (χ3v) is 1.39. The van der Waals surface area contributed by atoms with Crippen LogP contribution in [0.1, 0.15) is 18.9 Å². The van der Waals surface area contributed by atoms with Crippen molar-refractivity contribution in [2.45, 2.75) is 20.3 Å². The second-order valence-electron chi connectivity index (χ2n) is 2.56. The maximum absolute atomic E-state index is 5.42. The van der Waals surface area contributed by atoms with Gasteiger partial charge in [-0.15, -0.1) is 0 Å². The standard InChI is InChI=1S/C10H13O/c1-3-7-11-10-6-4-5-9(2)8-10/h4,6,8H,3,7H2,1-2H3. The average molecular weight is 149 g/mol. The van der Waals surface area contributed by atoms with Crippen molar-refractivity contribution >= 4 is 0 Å². The minimum atomic E-state index is 0.795. The summed E-state index contributed by atoms with van der Waals surface area (Å²) in [5.74, 6) is 0.947. The van der Waals surface area contributed by atoms with Gasteiger partial charge >= 0.3 is 0 Å². The lowest BCUT2D eigenvalue weighted by molar-refractivity contribution is 0.317. The predicted molar refractivity (Wildman–Crippen MR) is 45.8 cm³/mol. The molecule has 0 atom stereocenters. The van der Waals surface area contributed by atoms with Gasteiger partial charge in [0.05, 0.1) is 6.61 Å². The van der Waals surface area contributed by atoms with Crippen molar-refractivity contribution in [3.8, 4) is 5.75 Å². The molecule has 0 heterocycles. The highest BCUT2D eigenvalue weighted by molar-refractivity contribution is 5.26. The highest BCUT2D eigenvalue weighted by atomic mass is 16.5. The van der Waals surface area contributed by atoms with Crippen molar-refractivity contribution in [3.05, 3.63) is 29.8 Å². The van der Waals surface area contributed by atoms with Gasteiger partial charge in [0.25, 0.3) is 0 Å². The predicted octanol–water partition coefficient (Wildman–Crippen LogP) is 2.58. The summed E-state index contributed by atoms with van der Waals surface area (Å²) in [6.07, 6.45) is 1.05. The fourth-order valence-electron chi connectivity index (χ4n) is 0.868. The third kappa shape index (κ3) is 2.62. The van der Waals surface area contributed by atoms with Crippen molar-refractivity contribution in [3.63, 3.8) is 0 Å². The molecule has 1 aromatic rings. The summed E-state index contributed by atoms with van der Waals surface area (Å²) >= 11 is 0. The minimum Gasteiger partial charge on any atom is -0.494 e. The molecule has 0 unspecified atom stereocenters. The maximum Gasteiger partial charge on any atom is 0.119 e. The molecular weight excluding hydrogens is 136 g/mol. The SMILES string of the molecule is CCCOc1cc[c]c(C)c1. The Kier molecular flexibility index (Phi) is 2.96. The number of hydrogen-bond donors (Lipinski definition) is 0. The number of benzene rings is 1. The number of hydrogen-bond acceptors (Lipinski definition) is 1. The molecule has 0 aliphatic heterocycles. The fourth-order valence-corrected chi connectivity index (χ4v) is 0.868. The van der Waals surface area contributed by atoms with Crippen LogP contribution in [-0.2, 0) is 0 Å². The minimum absolute atomic E-state index is 0.795. The van der Waals surface area contributed by atoms with Gasteiger partial charge in [-0.3, -0.25) is 0 Å². The molecule has 0 aromatic heterocycles. The summed E-state index contributed by atoms with van der Waals surface area (Å²) in [6.45, 7) is 4.91. The van der Waals surface area contributed by atoms with Crippen LogP contribution < -0.4 is 4.74 Å². The lowest BCUT2D eigenvalue weighted by Crippen LogP contribution is -1.94. The van der Waals surface area contributed by atoms with Crippen LogP contribution in [0.2, 0.25) is 0 Å². The summed E-state index contributed by atoms with van der Waals surface area (Å²) in [4.78, 5) is 0. The Morgan fingerprint density at radius 3 is 3.00 bits per heavy atom. The van der Waals surface area contributed by atoms with E-state index in [0.29, 0.717) is 0 Å². The molecule has 0 N–H and O–H groups in total. The Hall–Kier alpha value is -0.980. The summed E-state index contributed by atoms with van der Waals surface area (Å²) in [5.41, 5.74) is 1.12. The summed E-state index contributed by atoms with van der Waals surface area (Å²) in [7, 11) is 0. The van der Waals surface area contributed by atoms with Crippen LogP contribution in [-0.4, -0.2) is 6.61 Å². The van der Waals surface area contributed by atoms with Crippen LogP contribution >= 0.6 is 0 Å². The molecule has 0 saturated heterocycles. The molecular formula is C10H13O. The molecule has 1 heteroatoms. The van der Waals surface area contributed by atoms with Crippen LogP contribution in [0.5, 0.6) is 5.75 Å². The monoisotopic (exact) mass is 149 g/mol. The van der Waals surface area contributed by atoms with Crippen molar-refractivity contribution in [1.82, 2.24) is 0 Å². The van der Waals surface area contributed by atoms with Crippen molar-refractivity contribution in [2.24, 2.45) is 0 Å². The Labute approximate surface area is 68.0 Å². The Balaban J connectivity index is 2.56. The molecule has 0 bridgehead atoms. The lowest BCUT2D eigenvalue weighted by atomic mass is 10.2. The largest absolute Gasteiger partial charge is 0.494 e. The number of aryl methyl sites for hydroxylation is 1. The summed E-state index contributed by atoms with van der Waals surface area (Å²) in [5, 5.41) is 0. The van der Waals surface area contributed by atoms with Crippen LogP contribution in [0.4, 0.5) is 0 Å². The van der Waals surface area contributed by atoms with Gasteiger partial charge in [0.2, 0.25) is 0 Å². The lowest BCUT2D eigenvalue weighted by Gasteiger charge is -2.03. The van der Waals surface area contributed by atoms with E-state index in [2.05, 4.69) is 13.0 Å². The Morgan fingerprint density at radius 2 is 2.36 bits per heavy atom. The normalized spacial score (nSPS) is 9.64. The highest BCUT2D eigenvalue weighted by Gasteiger charge is 1.91. The molecule has 0 amide bonds. The van der Waals surface area contributed by atoms with E-state index in [-0.39, 0.29) is 0 Å². The second kappa shape index (κ2) is 4.02. The van der Waals surface area contributed by atoms with Crippen LogP contribution in [0.15, 0.2) is 18.2 Å². The molecule has 0 aliphatic rings.